The van der Waals surface area contributed by atoms with Gasteiger partial charge in [-0.2, -0.15) is 0 Å². The van der Waals surface area contributed by atoms with Crippen LogP contribution < -0.4 is 15.4 Å². The highest BCUT2D eigenvalue weighted by Gasteiger charge is 2.23. The van der Waals surface area contributed by atoms with Gasteiger partial charge in [-0.15, -0.1) is 0 Å². The number of para-hydroxylation sites is 1. The van der Waals surface area contributed by atoms with Crippen molar-refractivity contribution in [2.24, 2.45) is 0 Å². The summed E-state index contributed by atoms with van der Waals surface area (Å²) in [6.07, 6.45) is 2.06. The maximum Gasteiger partial charge on any atom is 0.262 e. The summed E-state index contributed by atoms with van der Waals surface area (Å²) < 4.78 is 5.39. The van der Waals surface area contributed by atoms with E-state index in [0.717, 1.165) is 12.8 Å². The molecule has 1 saturated carbocycles. The van der Waals surface area contributed by atoms with Gasteiger partial charge >= 0.3 is 0 Å². The quantitative estimate of drug-likeness (QED) is 0.845. The SMILES string of the molecule is O=C(COc1ccccc1Cl)Nc1cccc(C(=O)NC2CC2)c1. The predicted octanol–water partition coefficient (Wildman–Crippen LogP) is 3.25. The second-order valence-electron chi connectivity index (χ2n) is 5.60. The van der Waals surface area contributed by atoms with Crippen molar-refractivity contribution in [2.45, 2.75) is 18.9 Å². The molecule has 5 nitrogen and oxygen atoms in total. The van der Waals surface area contributed by atoms with Gasteiger partial charge in [-0.25, -0.2) is 0 Å². The number of rotatable bonds is 6. The zero-order valence-electron chi connectivity index (χ0n) is 12.9. The van der Waals surface area contributed by atoms with Gasteiger partial charge < -0.3 is 15.4 Å². The van der Waals surface area contributed by atoms with Crippen LogP contribution in [0.2, 0.25) is 5.02 Å². The Morgan fingerprint density at radius 1 is 1.12 bits per heavy atom. The van der Waals surface area contributed by atoms with Crippen molar-refractivity contribution >= 4 is 29.1 Å². The first kappa shape index (κ1) is 16.3. The van der Waals surface area contributed by atoms with E-state index in [1.807, 2.05) is 0 Å². The summed E-state index contributed by atoms with van der Waals surface area (Å²) in [5, 5.41) is 6.07. The summed E-state index contributed by atoms with van der Waals surface area (Å²) in [6.45, 7) is -0.164. The van der Waals surface area contributed by atoms with Gasteiger partial charge in [0.05, 0.1) is 5.02 Å². The van der Waals surface area contributed by atoms with E-state index in [1.54, 1.807) is 48.5 Å². The molecule has 0 saturated heterocycles. The lowest BCUT2D eigenvalue weighted by Gasteiger charge is -2.10. The van der Waals surface area contributed by atoms with Gasteiger partial charge in [0.1, 0.15) is 5.75 Å². The van der Waals surface area contributed by atoms with Crippen LogP contribution in [-0.2, 0) is 4.79 Å². The van der Waals surface area contributed by atoms with Crippen molar-refractivity contribution in [3.8, 4) is 5.75 Å². The number of hydrogen-bond donors (Lipinski definition) is 2. The molecule has 1 fully saturated rings. The Morgan fingerprint density at radius 3 is 2.67 bits per heavy atom. The summed E-state index contributed by atoms with van der Waals surface area (Å²) >= 11 is 5.97. The molecule has 2 amide bonds. The average Bonchev–Trinajstić information content (AvgIpc) is 3.38. The molecule has 0 aliphatic heterocycles. The first-order valence-electron chi connectivity index (χ1n) is 7.70. The largest absolute Gasteiger partial charge is 0.482 e. The molecular weight excluding hydrogens is 328 g/mol. The smallest absolute Gasteiger partial charge is 0.262 e. The van der Waals surface area contributed by atoms with Crippen LogP contribution in [0.3, 0.4) is 0 Å². The second-order valence-corrected chi connectivity index (χ2v) is 6.00. The third-order valence-corrected chi connectivity index (χ3v) is 3.83. The predicted molar refractivity (Wildman–Crippen MR) is 92.5 cm³/mol. The molecule has 24 heavy (non-hydrogen) atoms. The first-order chi connectivity index (χ1) is 11.6. The van der Waals surface area contributed by atoms with Crippen molar-refractivity contribution in [2.75, 3.05) is 11.9 Å². The molecule has 0 radical (unpaired) electrons. The monoisotopic (exact) mass is 344 g/mol. The fourth-order valence-corrected chi connectivity index (χ4v) is 2.33. The van der Waals surface area contributed by atoms with Crippen LogP contribution >= 0.6 is 11.6 Å². The minimum absolute atomic E-state index is 0.124. The van der Waals surface area contributed by atoms with Crippen LogP contribution in [0.1, 0.15) is 23.2 Å². The standard InChI is InChI=1S/C18H17ClN2O3/c19-15-6-1-2-7-16(15)24-11-17(22)20-14-5-3-4-12(10-14)18(23)21-13-8-9-13/h1-7,10,13H,8-9,11H2,(H,20,22)(H,21,23). The Bertz CT molecular complexity index is 759. The number of amides is 2. The fourth-order valence-electron chi connectivity index (χ4n) is 2.14. The molecule has 0 atom stereocenters. The normalized spacial score (nSPS) is 13.2. The summed E-state index contributed by atoms with van der Waals surface area (Å²) in [6, 6.07) is 14.1. The highest BCUT2D eigenvalue weighted by molar-refractivity contribution is 6.32. The first-order valence-corrected chi connectivity index (χ1v) is 8.08. The van der Waals surface area contributed by atoms with Crippen molar-refractivity contribution in [3.63, 3.8) is 0 Å². The molecule has 3 rings (SSSR count). The van der Waals surface area contributed by atoms with E-state index >= 15 is 0 Å². The van der Waals surface area contributed by atoms with E-state index in [1.165, 1.54) is 0 Å². The van der Waals surface area contributed by atoms with Crippen LogP contribution in [0.5, 0.6) is 5.75 Å². The van der Waals surface area contributed by atoms with Gasteiger partial charge in [0.25, 0.3) is 11.8 Å². The summed E-state index contributed by atoms with van der Waals surface area (Å²) in [4.78, 5) is 24.0. The second kappa shape index (κ2) is 7.36. The molecule has 0 heterocycles. The van der Waals surface area contributed by atoms with Crippen LogP contribution in [0.25, 0.3) is 0 Å². The minimum atomic E-state index is -0.324. The van der Waals surface area contributed by atoms with Crippen LogP contribution in [0.4, 0.5) is 5.69 Å². The van der Waals surface area contributed by atoms with E-state index in [9.17, 15) is 9.59 Å². The number of hydrogen-bond acceptors (Lipinski definition) is 3. The molecule has 124 valence electrons. The molecule has 2 aromatic rings. The molecule has 1 aliphatic rings. The Labute approximate surface area is 145 Å². The Balaban J connectivity index is 1.56. The highest BCUT2D eigenvalue weighted by atomic mass is 35.5. The molecule has 2 N–H and O–H groups in total. The molecule has 2 aromatic carbocycles. The Kier molecular flexibility index (Phi) is 5.01. The molecule has 0 unspecified atom stereocenters. The van der Waals surface area contributed by atoms with E-state index in [-0.39, 0.29) is 18.4 Å². The Morgan fingerprint density at radius 2 is 1.92 bits per heavy atom. The van der Waals surface area contributed by atoms with Crippen molar-refractivity contribution in [1.29, 1.82) is 0 Å². The summed E-state index contributed by atoms with van der Waals surface area (Å²) in [5.41, 5.74) is 1.07. The van der Waals surface area contributed by atoms with Gasteiger partial charge in [0, 0.05) is 17.3 Å². The molecule has 0 spiro atoms. The van der Waals surface area contributed by atoms with Crippen molar-refractivity contribution < 1.29 is 14.3 Å². The maximum atomic E-state index is 12.0. The van der Waals surface area contributed by atoms with Gasteiger partial charge in [-0.05, 0) is 43.2 Å². The lowest BCUT2D eigenvalue weighted by molar-refractivity contribution is -0.118. The summed E-state index contributed by atoms with van der Waals surface area (Å²) in [7, 11) is 0. The maximum absolute atomic E-state index is 12.0. The zero-order valence-corrected chi connectivity index (χ0v) is 13.7. The third-order valence-electron chi connectivity index (χ3n) is 3.52. The molecule has 1 aliphatic carbocycles. The van der Waals surface area contributed by atoms with Crippen molar-refractivity contribution in [1.82, 2.24) is 5.32 Å². The van der Waals surface area contributed by atoms with Crippen molar-refractivity contribution in [3.05, 3.63) is 59.1 Å². The van der Waals surface area contributed by atoms with E-state index in [4.69, 9.17) is 16.3 Å². The van der Waals surface area contributed by atoms with Crippen LogP contribution in [0.15, 0.2) is 48.5 Å². The number of carbonyl (C=O) groups excluding carboxylic acids is 2. The summed E-state index contributed by atoms with van der Waals surface area (Å²) in [5.74, 6) is 0.00228. The Hall–Kier alpha value is -2.53. The lowest BCUT2D eigenvalue weighted by atomic mass is 10.2. The van der Waals surface area contributed by atoms with E-state index in [0.29, 0.717) is 28.1 Å². The third kappa shape index (κ3) is 4.49. The van der Waals surface area contributed by atoms with Gasteiger partial charge in [0.15, 0.2) is 6.61 Å². The average molecular weight is 345 g/mol. The highest BCUT2D eigenvalue weighted by Crippen LogP contribution is 2.23. The molecule has 0 aromatic heterocycles. The fraction of sp³-hybridized carbons (Fsp3) is 0.222. The van der Waals surface area contributed by atoms with E-state index < -0.39 is 0 Å². The number of ether oxygens (including phenoxy) is 1. The van der Waals surface area contributed by atoms with E-state index in [2.05, 4.69) is 10.6 Å². The zero-order chi connectivity index (χ0) is 16.9. The van der Waals surface area contributed by atoms with Crippen LogP contribution in [0, 0.1) is 0 Å². The topological polar surface area (TPSA) is 67.4 Å². The molecular formula is C18H17ClN2O3. The van der Waals surface area contributed by atoms with Gasteiger partial charge in [-0.1, -0.05) is 29.8 Å². The van der Waals surface area contributed by atoms with Gasteiger partial charge in [0.2, 0.25) is 0 Å². The number of anilines is 1. The number of benzene rings is 2. The van der Waals surface area contributed by atoms with Crippen LogP contribution in [-0.4, -0.2) is 24.5 Å². The minimum Gasteiger partial charge on any atom is -0.482 e. The lowest BCUT2D eigenvalue weighted by Crippen LogP contribution is -2.25. The van der Waals surface area contributed by atoms with Gasteiger partial charge in [-0.3, -0.25) is 9.59 Å². The number of nitrogens with one attached hydrogen (secondary N) is 2. The number of carbonyl (C=O) groups is 2. The number of halogens is 1. The molecule has 0 bridgehead atoms. The molecule has 6 heteroatoms.